The minimum Gasteiger partial charge on any atom is -0.399 e. The van der Waals surface area contributed by atoms with Gasteiger partial charge >= 0.3 is 6.18 Å². The number of allylic oxidation sites excluding steroid dienone is 2. The molecular formula is C23H22F3N5O. The van der Waals surface area contributed by atoms with Gasteiger partial charge < -0.3 is 16.0 Å². The summed E-state index contributed by atoms with van der Waals surface area (Å²) in [4.78, 5) is 23.7. The summed E-state index contributed by atoms with van der Waals surface area (Å²) >= 11 is 0. The van der Waals surface area contributed by atoms with Crippen LogP contribution in [0.25, 0.3) is 5.57 Å². The molecule has 0 saturated carbocycles. The Labute approximate surface area is 183 Å². The number of carbonyl (C=O) groups excluding carboxylic acids is 1. The van der Waals surface area contributed by atoms with E-state index in [1.165, 1.54) is 6.07 Å². The molecule has 4 rings (SSSR count). The van der Waals surface area contributed by atoms with Crippen molar-refractivity contribution in [2.45, 2.75) is 32.1 Å². The summed E-state index contributed by atoms with van der Waals surface area (Å²) in [5, 5.41) is 2.79. The number of aromatic nitrogens is 1. The smallest absolute Gasteiger partial charge is 0.399 e. The second-order valence-corrected chi connectivity index (χ2v) is 7.91. The van der Waals surface area contributed by atoms with Crippen molar-refractivity contribution in [2.75, 3.05) is 12.3 Å². The summed E-state index contributed by atoms with van der Waals surface area (Å²) in [6.07, 6.45) is 2.48. The molecule has 9 heteroatoms. The number of amidine groups is 1. The molecular weight excluding hydrogens is 419 g/mol. The molecule has 3 heterocycles. The molecule has 1 aromatic carbocycles. The van der Waals surface area contributed by atoms with E-state index in [4.69, 9.17) is 5.73 Å². The first-order valence-electron chi connectivity index (χ1n) is 10.1. The van der Waals surface area contributed by atoms with Crippen LogP contribution in [-0.2, 0) is 11.0 Å². The number of alkyl halides is 3. The third kappa shape index (κ3) is 4.37. The molecule has 0 aliphatic carbocycles. The highest BCUT2D eigenvalue weighted by atomic mass is 19.4. The lowest BCUT2D eigenvalue weighted by atomic mass is 9.99. The van der Waals surface area contributed by atoms with E-state index >= 15 is 0 Å². The highest BCUT2D eigenvalue weighted by Crippen LogP contribution is 2.33. The zero-order valence-corrected chi connectivity index (χ0v) is 17.5. The maximum Gasteiger partial charge on any atom is 0.416 e. The van der Waals surface area contributed by atoms with E-state index in [1.54, 1.807) is 25.4 Å². The minimum absolute atomic E-state index is 0.00919. The van der Waals surface area contributed by atoms with Gasteiger partial charge in [-0.25, -0.2) is 0 Å². The Morgan fingerprint density at radius 2 is 1.97 bits per heavy atom. The fraction of sp³-hybridized carbons (Fsp3) is 0.261. The predicted molar refractivity (Wildman–Crippen MR) is 116 cm³/mol. The van der Waals surface area contributed by atoms with Gasteiger partial charge in [0.2, 0.25) is 0 Å². The van der Waals surface area contributed by atoms with Crippen molar-refractivity contribution in [1.82, 2.24) is 15.2 Å². The number of hydrogen-bond acceptors (Lipinski definition) is 5. The molecule has 1 aromatic heterocycles. The molecule has 0 radical (unpaired) electrons. The molecule has 3 N–H and O–H groups in total. The fourth-order valence-corrected chi connectivity index (χ4v) is 3.78. The van der Waals surface area contributed by atoms with Crippen LogP contribution < -0.4 is 11.1 Å². The van der Waals surface area contributed by atoms with Crippen LogP contribution >= 0.6 is 0 Å². The van der Waals surface area contributed by atoms with Crippen LogP contribution in [0, 0.1) is 0 Å². The number of nitrogens with zero attached hydrogens (tertiary/aromatic N) is 3. The zero-order valence-electron chi connectivity index (χ0n) is 17.5. The molecule has 2 aliphatic heterocycles. The summed E-state index contributed by atoms with van der Waals surface area (Å²) in [5.41, 5.74) is 7.14. The van der Waals surface area contributed by atoms with E-state index in [1.807, 2.05) is 30.2 Å². The second kappa shape index (κ2) is 8.14. The monoisotopic (exact) mass is 441 g/mol. The van der Waals surface area contributed by atoms with Gasteiger partial charge in [-0.1, -0.05) is 0 Å². The first-order chi connectivity index (χ1) is 15.1. The Bertz CT molecular complexity index is 1140. The maximum absolute atomic E-state index is 13.2. The Balaban J connectivity index is 1.63. The zero-order chi connectivity index (χ0) is 23.0. The topological polar surface area (TPSA) is 83.6 Å². The average molecular weight is 441 g/mol. The molecule has 166 valence electrons. The van der Waals surface area contributed by atoms with E-state index in [0.29, 0.717) is 18.0 Å². The van der Waals surface area contributed by atoms with Gasteiger partial charge in [0.25, 0.3) is 5.91 Å². The molecule has 2 aliphatic rings. The van der Waals surface area contributed by atoms with Crippen molar-refractivity contribution in [3.63, 3.8) is 0 Å². The molecule has 0 spiro atoms. The van der Waals surface area contributed by atoms with Crippen molar-refractivity contribution < 1.29 is 18.0 Å². The third-order valence-electron chi connectivity index (χ3n) is 5.32. The van der Waals surface area contributed by atoms with Crippen molar-refractivity contribution >= 4 is 23.0 Å². The number of nitrogens with one attached hydrogen (secondary N) is 1. The van der Waals surface area contributed by atoms with E-state index in [0.717, 1.165) is 23.3 Å². The molecule has 32 heavy (non-hydrogen) atoms. The first-order valence-corrected chi connectivity index (χ1v) is 10.1. The third-order valence-corrected chi connectivity index (χ3v) is 5.32. The Kier molecular flexibility index (Phi) is 5.50. The van der Waals surface area contributed by atoms with Crippen LogP contribution in [0.15, 0.2) is 65.6 Å². The van der Waals surface area contributed by atoms with E-state index < -0.39 is 23.7 Å². The van der Waals surface area contributed by atoms with Gasteiger partial charge in [0.1, 0.15) is 5.84 Å². The lowest BCUT2D eigenvalue weighted by Crippen LogP contribution is -2.36. The molecule has 0 saturated heterocycles. The van der Waals surface area contributed by atoms with Gasteiger partial charge in [-0.15, -0.1) is 0 Å². The number of nitrogens with two attached hydrogens (primary N) is 1. The summed E-state index contributed by atoms with van der Waals surface area (Å²) in [7, 11) is 0. The van der Waals surface area contributed by atoms with Crippen molar-refractivity contribution in [3.05, 3.63) is 77.3 Å². The Morgan fingerprint density at radius 1 is 1.25 bits per heavy atom. The number of carbonyl (C=O) groups is 1. The molecule has 2 atom stereocenters. The van der Waals surface area contributed by atoms with E-state index in [2.05, 4.69) is 15.3 Å². The van der Waals surface area contributed by atoms with Gasteiger partial charge in [0.15, 0.2) is 0 Å². The molecule has 0 unspecified atom stereocenters. The van der Waals surface area contributed by atoms with Crippen LogP contribution in [0.4, 0.5) is 18.9 Å². The number of aliphatic imine (C=N–C) groups is 1. The highest BCUT2D eigenvalue weighted by molar-refractivity contribution is 6.24. The highest BCUT2D eigenvalue weighted by Gasteiger charge is 2.33. The first kappa shape index (κ1) is 21.6. The number of nitrogen functional groups attached to an aromatic ring is 1. The van der Waals surface area contributed by atoms with Crippen molar-refractivity contribution in [1.29, 1.82) is 0 Å². The number of pyridine rings is 1. The molecule has 6 nitrogen and oxygen atoms in total. The van der Waals surface area contributed by atoms with Crippen LogP contribution in [0.5, 0.6) is 0 Å². The van der Waals surface area contributed by atoms with Gasteiger partial charge in [-0.05, 0) is 67.0 Å². The molecule has 0 fully saturated rings. The molecule has 1 amide bonds. The average Bonchev–Trinajstić information content (AvgIpc) is 3.12. The lowest BCUT2D eigenvalue weighted by molar-refractivity contribution is -0.137. The second-order valence-electron chi connectivity index (χ2n) is 7.91. The number of anilines is 1. The fourth-order valence-electron chi connectivity index (χ4n) is 3.78. The van der Waals surface area contributed by atoms with Crippen LogP contribution in [0.2, 0.25) is 0 Å². The van der Waals surface area contributed by atoms with Gasteiger partial charge in [0, 0.05) is 30.8 Å². The van der Waals surface area contributed by atoms with E-state index in [9.17, 15) is 18.0 Å². The minimum atomic E-state index is -4.53. The maximum atomic E-state index is 13.2. The van der Waals surface area contributed by atoms with Gasteiger partial charge in [-0.2, -0.15) is 13.2 Å². The quantitative estimate of drug-likeness (QED) is 0.704. The van der Waals surface area contributed by atoms with E-state index in [-0.39, 0.29) is 17.3 Å². The van der Waals surface area contributed by atoms with Crippen molar-refractivity contribution in [3.8, 4) is 0 Å². The lowest BCUT2D eigenvalue weighted by Gasteiger charge is -2.25. The Hall–Kier alpha value is -3.62. The summed E-state index contributed by atoms with van der Waals surface area (Å²) in [5.74, 6) is 0.120. The normalized spacial score (nSPS) is 19.0. The summed E-state index contributed by atoms with van der Waals surface area (Å²) in [6.45, 7) is 4.20. The van der Waals surface area contributed by atoms with Crippen LogP contribution in [-0.4, -0.2) is 34.2 Å². The molecule has 0 bridgehead atoms. The van der Waals surface area contributed by atoms with Crippen LogP contribution in [0.3, 0.4) is 0 Å². The molecule has 2 aromatic rings. The van der Waals surface area contributed by atoms with Crippen molar-refractivity contribution in [2.24, 2.45) is 4.99 Å². The van der Waals surface area contributed by atoms with Gasteiger partial charge in [-0.3, -0.25) is 14.8 Å². The number of hydrogen-bond donors (Lipinski definition) is 2. The Morgan fingerprint density at radius 3 is 2.66 bits per heavy atom. The predicted octanol–water partition coefficient (Wildman–Crippen LogP) is 3.94. The van der Waals surface area contributed by atoms with Gasteiger partial charge in [0.05, 0.1) is 23.2 Å². The standard InChI is InChI=1S/C23H22F3N5O/c1-13-11-31-12-17(15-3-5-28-6-4-15)9-20(21(31)29-13)22(32)30-14(2)16-7-18(23(24,25)26)10-19(27)8-16/h3-10,12-14H,11,27H2,1-2H3,(H,30,32)/t13-,14-/m1/s1. The largest absolute Gasteiger partial charge is 0.416 e. The number of fused-ring (bicyclic) bond motifs is 1. The summed E-state index contributed by atoms with van der Waals surface area (Å²) < 4.78 is 39.5. The number of benzene rings is 1. The number of halogens is 3. The SMILES string of the molecule is C[C@@H]1CN2C=C(c3ccncc3)C=C(C(=O)N[C@H](C)c3cc(N)cc(C(F)(F)F)c3)C2=N1. The number of amides is 1. The number of rotatable bonds is 4. The summed E-state index contributed by atoms with van der Waals surface area (Å²) in [6, 6.07) is 6.30. The van der Waals surface area contributed by atoms with Crippen LogP contribution in [0.1, 0.15) is 36.6 Å².